The van der Waals surface area contributed by atoms with Crippen molar-refractivity contribution in [3.63, 3.8) is 0 Å². The molecule has 6 nitrogen and oxygen atoms in total. The van der Waals surface area contributed by atoms with Crippen LogP contribution >= 0.6 is 0 Å². The lowest BCUT2D eigenvalue weighted by atomic mass is 10.3. The van der Waals surface area contributed by atoms with E-state index in [2.05, 4.69) is 4.90 Å². The molecular formula is C10H22N4O2S. The molecule has 2 heterocycles. The minimum atomic E-state index is -3.19. The smallest absolute Gasteiger partial charge is 0.282 e. The van der Waals surface area contributed by atoms with Gasteiger partial charge >= 0.3 is 0 Å². The highest BCUT2D eigenvalue weighted by molar-refractivity contribution is 7.86. The average Bonchev–Trinajstić information content (AvgIpc) is 2.84. The summed E-state index contributed by atoms with van der Waals surface area (Å²) < 4.78 is 27.8. The van der Waals surface area contributed by atoms with Gasteiger partial charge < -0.3 is 5.73 Å². The van der Waals surface area contributed by atoms with Crippen LogP contribution in [0.1, 0.15) is 12.8 Å². The zero-order valence-electron chi connectivity index (χ0n) is 10.2. The Morgan fingerprint density at radius 1 is 0.882 bits per heavy atom. The summed E-state index contributed by atoms with van der Waals surface area (Å²) in [5, 5.41) is 0. The van der Waals surface area contributed by atoms with Crippen LogP contribution in [0.5, 0.6) is 0 Å². The molecule has 2 N–H and O–H groups in total. The Hall–Kier alpha value is -0.210. The lowest BCUT2D eigenvalue weighted by Crippen LogP contribution is -2.53. The molecule has 7 heteroatoms. The van der Waals surface area contributed by atoms with Crippen molar-refractivity contribution < 1.29 is 8.42 Å². The minimum Gasteiger partial charge on any atom is -0.329 e. The van der Waals surface area contributed by atoms with Crippen molar-refractivity contribution in [1.82, 2.24) is 13.5 Å². The van der Waals surface area contributed by atoms with Gasteiger partial charge in [0.05, 0.1) is 0 Å². The SMILES string of the molecule is NCCN1CCN(S(=O)(=O)N2CCCC2)CC1. The third-order valence-electron chi connectivity index (χ3n) is 3.49. The molecule has 17 heavy (non-hydrogen) atoms. The van der Waals surface area contributed by atoms with E-state index in [1.165, 1.54) is 0 Å². The van der Waals surface area contributed by atoms with Gasteiger partial charge in [0, 0.05) is 52.4 Å². The number of nitrogens with two attached hydrogens (primary N) is 1. The van der Waals surface area contributed by atoms with E-state index in [-0.39, 0.29) is 0 Å². The van der Waals surface area contributed by atoms with Crippen molar-refractivity contribution in [2.75, 3.05) is 52.4 Å². The Kier molecular flexibility index (Phi) is 4.37. The molecule has 0 aromatic carbocycles. The average molecular weight is 262 g/mol. The van der Waals surface area contributed by atoms with Crippen LogP contribution < -0.4 is 5.73 Å². The summed E-state index contributed by atoms with van der Waals surface area (Å²) >= 11 is 0. The van der Waals surface area contributed by atoms with Crippen molar-refractivity contribution in [1.29, 1.82) is 0 Å². The molecule has 0 bridgehead atoms. The highest BCUT2D eigenvalue weighted by Crippen LogP contribution is 2.17. The molecule has 100 valence electrons. The number of hydrogen-bond acceptors (Lipinski definition) is 4. The predicted octanol–water partition coefficient (Wildman–Crippen LogP) is -1.10. The first-order valence-corrected chi connectivity index (χ1v) is 7.72. The molecule has 2 fully saturated rings. The Labute approximate surface area is 104 Å². The fraction of sp³-hybridized carbons (Fsp3) is 1.00. The molecule has 2 aliphatic rings. The molecule has 0 atom stereocenters. The summed E-state index contributed by atoms with van der Waals surface area (Å²) in [5.41, 5.74) is 5.50. The second-order valence-corrected chi connectivity index (χ2v) is 6.57. The molecule has 2 rings (SSSR count). The van der Waals surface area contributed by atoms with Crippen LogP contribution in [0.25, 0.3) is 0 Å². The fourth-order valence-corrected chi connectivity index (χ4v) is 4.12. The van der Waals surface area contributed by atoms with Gasteiger partial charge in [-0.1, -0.05) is 0 Å². The van der Waals surface area contributed by atoms with Crippen LogP contribution in [0.2, 0.25) is 0 Å². The highest BCUT2D eigenvalue weighted by atomic mass is 32.2. The molecule has 0 saturated carbocycles. The van der Waals surface area contributed by atoms with Crippen molar-refractivity contribution in [2.24, 2.45) is 5.73 Å². The van der Waals surface area contributed by atoms with Gasteiger partial charge in [-0.25, -0.2) is 0 Å². The maximum absolute atomic E-state index is 12.3. The Bertz CT molecular complexity index is 332. The fourth-order valence-electron chi connectivity index (χ4n) is 2.45. The van der Waals surface area contributed by atoms with Crippen molar-refractivity contribution in [2.45, 2.75) is 12.8 Å². The lowest BCUT2D eigenvalue weighted by molar-refractivity contribution is 0.186. The van der Waals surface area contributed by atoms with E-state index >= 15 is 0 Å². The van der Waals surface area contributed by atoms with Gasteiger partial charge in [-0.05, 0) is 12.8 Å². The van der Waals surface area contributed by atoms with Gasteiger partial charge in [-0.3, -0.25) is 4.90 Å². The van der Waals surface area contributed by atoms with Gasteiger partial charge in [-0.15, -0.1) is 0 Å². The highest BCUT2D eigenvalue weighted by Gasteiger charge is 2.33. The first-order valence-electron chi connectivity index (χ1n) is 6.32. The van der Waals surface area contributed by atoms with Gasteiger partial charge in [0.25, 0.3) is 10.2 Å². The first-order chi connectivity index (χ1) is 8.14. The van der Waals surface area contributed by atoms with Gasteiger partial charge in [0.1, 0.15) is 0 Å². The topological polar surface area (TPSA) is 69.9 Å². The summed E-state index contributed by atoms with van der Waals surface area (Å²) in [6.45, 7) is 5.65. The first kappa shape index (κ1) is 13.2. The maximum Gasteiger partial charge on any atom is 0.282 e. The summed E-state index contributed by atoms with van der Waals surface area (Å²) in [6, 6.07) is 0. The molecule has 2 aliphatic heterocycles. The van der Waals surface area contributed by atoms with E-state index in [1.54, 1.807) is 8.61 Å². The molecule has 0 aromatic rings. The van der Waals surface area contributed by atoms with Crippen molar-refractivity contribution in [3.8, 4) is 0 Å². The molecule has 0 spiro atoms. The van der Waals surface area contributed by atoms with Crippen LogP contribution in [0.15, 0.2) is 0 Å². The van der Waals surface area contributed by atoms with Crippen molar-refractivity contribution in [3.05, 3.63) is 0 Å². The third kappa shape index (κ3) is 2.97. The van der Waals surface area contributed by atoms with Crippen LogP contribution in [0, 0.1) is 0 Å². The monoisotopic (exact) mass is 262 g/mol. The summed E-state index contributed by atoms with van der Waals surface area (Å²) in [5.74, 6) is 0. The van der Waals surface area contributed by atoms with Crippen LogP contribution in [0.3, 0.4) is 0 Å². The molecule has 0 amide bonds. The van der Waals surface area contributed by atoms with Gasteiger partial charge in [0.2, 0.25) is 0 Å². The van der Waals surface area contributed by atoms with E-state index in [1.807, 2.05) is 0 Å². The standard InChI is InChI=1S/C10H22N4O2S/c11-3-6-12-7-9-14(10-8-12)17(15,16)13-4-1-2-5-13/h1-11H2. The largest absolute Gasteiger partial charge is 0.329 e. The van der Waals surface area contributed by atoms with Crippen LogP contribution in [0.4, 0.5) is 0 Å². The van der Waals surface area contributed by atoms with E-state index in [9.17, 15) is 8.42 Å². The molecule has 0 aromatic heterocycles. The second kappa shape index (κ2) is 5.62. The molecule has 2 saturated heterocycles. The zero-order valence-corrected chi connectivity index (χ0v) is 11.0. The second-order valence-electron chi connectivity index (χ2n) is 4.64. The summed E-state index contributed by atoms with van der Waals surface area (Å²) in [7, 11) is -3.19. The van der Waals surface area contributed by atoms with Gasteiger partial charge in [-0.2, -0.15) is 17.0 Å². The van der Waals surface area contributed by atoms with Crippen LogP contribution in [-0.4, -0.2) is 74.3 Å². The quantitative estimate of drug-likeness (QED) is 0.698. The normalized spacial score (nSPS) is 25.5. The predicted molar refractivity (Wildman–Crippen MR) is 66.8 cm³/mol. The Morgan fingerprint density at radius 3 is 1.94 bits per heavy atom. The molecule has 0 aliphatic carbocycles. The van der Waals surface area contributed by atoms with Crippen LogP contribution in [-0.2, 0) is 10.2 Å². The van der Waals surface area contributed by atoms with E-state index in [4.69, 9.17) is 5.73 Å². The number of nitrogens with zero attached hydrogens (tertiary/aromatic N) is 3. The molecular weight excluding hydrogens is 240 g/mol. The maximum atomic E-state index is 12.3. The number of piperazine rings is 1. The molecule has 0 unspecified atom stereocenters. The minimum absolute atomic E-state index is 0.596. The summed E-state index contributed by atoms with van der Waals surface area (Å²) in [4.78, 5) is 2.22. The Morgan fingerprint density at radius 2 is 1.41 bits per heavy atom. The number of hydrogen-bond donors (Lipinski definition) is 1. The molecule has 0 radical (unpaired) electrons. The van der Waals surface area contributed by atoms with Gasteiger partial charge in [0.15, 0.2) is 0 Å². The van der Waals surface area contributed by atoms with E-state index in [0.717, 1.165) is 32.5 Å². The number of rotatable bonds is 4. The van der Waals surface area contributed by atoms with E-state index < -0.39 is 10.2 Å². The lowest BCUT2D eigenvalue weighted by Gasteiger charge is -2.35. The zero-order chi connectivity index (χ0) is 12.3. The Balaban J connectivity index is 1.91. The van der Waals surface area contributed by atoms with E-state index in [0.29, 0.717) is 32.7 Å². The van der Waals surface area contributed by atoms with Crippen molar-refractivity contribution >= 4 is 10.2 Å². The third-order valence-corrected chi connectivity index (χ3v) is 5.53. The summed E-state index contributed by atoms with van der Waals surface area (Å²) in [6.07, 6.45) is 1.98.